The lowest BCUT2D eigenvalue weighted by molar-refractivity contribution is 0.0970. The zero-order valence-electron chi connectivity index (χ0n) is 17.0. The number of hydrogen-bond donors (Lipinski definition) is 0. The molecule has 4 rings (SSSR count). The van der Waals surface area contributed by atoms with Crippen LogP contribution in [0.5, 0.6) is 0 Å². The summed E-state index contributed by atoms with van der Waals surface area (Å²) in [6.07, 6.45) is 1.46. The molecule has 0 aliphatic heterocycles. The molecule has 0 saturated carbocycles. The van der Waals surface area contributed by atoms with Crippen LogP contribution in [0, 0.1) is 13.8 Å². The second-order valence-electron chi connectivity index (χ2n) is 7.61. The Kier molecular flexibility index (Phi) is 4.96. The highest BCUT2D eigenvalue weighted by molar-refractivity contribution is 7.16. The van der Waals surface area contributed by atoms with Gasteiger partial charge in [-0.2, -0.15) is 0 Å². The van der Waals surface area contributed by atoms with E-state index in [4.69, 9.17) is 0 Å². The summed E-state index contributed by atoms with van der Waals surface area (Å²) in [6.45, 7) is 8.25. The van der Waals surface area contributed by atoms with E-state index in [0.29, 0.717) is 21.7 Å². The predicted octanol–water partition coefficient (Wildman–Crippen LogP) is 4.87. The van der Waals surface area contributed by atoms with Gasteiger partial charge in [-0.25, -0.2) is 4.98 Å². The number of aryl methyl sites for hydroxylation is 1. The molecule has 0 unspecified atom stereocenters. The maximum Gasteiger partial charge on any atom is 0.262 e. The molecule has 0 amide bonds. The SMILES string of the molecule is Cc1cc(C(=O)Cn2cnc3sccc3c2=O)c(C)n1-c1ccc(C(C)C)cc1. The highest BCUT2D eigenvalue weighted by atomic mass is 32.1. The number of thiophene rings is 1. The molecule has 29 heavy (non-hydrogen) atoms. The molecule has 0 aliphatic carbocycles. The van der Waals surface area contributed by atoms with E-state index >= 15 is 0 Å². The zero-order valence-corrected chi connectivity index (χ0v) is 17.8. The van der Waals surface area contributed by atoms with E-state index < -0.39 is 0 Å². The van der Waals surface area contributed by atoms with E-state index in [0.717, 1.165) is 17.1 Å². The van der Waals surface area contributed by atoms with Crippen LogP contribution in [0.2, 0.25) is 0 Å². The molecule has 6 heteroatoms. The van der Waals surface area contributed by atoms with Crippen LogP contribution in [0.1, 0.15) is 47.1 Å². The molecule has 0 bridgehead atoms. The van der Waals surface area contributed by atoms with E-state index in [9.17, 15) is 9.59 Å². The van der Waals surface area contributed by atoms with Crippen LogP contribution in [0.25, 0.3) is 15.9 Å². The molecule has 5 nitrogen and oxygen atoms in total. The summed E-state index contributed by atoms with van der Waals surface area (Å²) in [5.41, 5.74) is 4.63. The van der Waals surface area contributed by atoms with Crippen LogP contribution >= 0.6 is 11.3 Å². The maximum atomic E-state index is 13.0. The van der Waals surface area contributed by atoms with E-state index in [1.165, 1.54) is 27.8 Å². The van der Waals surface area contributed by atoms with Crippen molar-refractivity contribution >= 4 is 27.3 Å². The summed E-state index contributed by atoms with van der Waals surface area (Å²) in [5.74, 6) is 0.377. The van der Waals surface area contributed by atoms with Crippen molar-refractivity contribution in [2.45, 2.75) is 40.2 Å². The number of fused-ring (bicyclic) bond motifs is 1. The standard InChI is InChI=1S/C23H23N3O2S/c1-14(2)17-5-7-18(8-6-17)26-15(3)11-20(16(26)4)21(27)12-25-13-24-22-19(23(25)28)9-10-29-22/h5-11,13-14H,12H2,1-4H3. The van der Waals surface area contributed by atoms with Gasteiger partial charge in [0, 0.05) is 22.6 Å². The van der Waals surface area contributed by atoms with Gasteiger partial charge in [0.15, 0.2) is 5.78 Å². The van der Waals surface area contributed by atoms with Gasteiger partial charge in [-0.1, -0.05) is 26.0 Å². The Hall–Kier alpha value is -2.99. The summed E-state index contributed by atoms with van der Waals surface area (Å²) in [4.78, 5) is 30.6. The number of carbonyl (C=O) groups excluding carboxylic acids is 1. The highest BCUT2D eigenvalue weighted by Gasteiger charge is 2.18. The number of aromatic nitrogens is 3. The fourth-order valence-electron chi connectivity index (χ4n) is 3.70. The average molecular weight is 406 g/mol. The summed E-state index contributed by atoms with van der Waals surface area (Å²) >= 11 is 1.42. The van der Waals surface area contributed by atoms with Crippen LogP contribution in [0.3, 0.4) is 0 Å². The van der Waals surface area contributed by atoms with Crippen LogP contribution in [-0.4, -0.2) is 19.9 Å². The van der Waals surface area contributed by atoms with Crippen molar-refractivity contribution in [1.82, 2.24) is 14.1 Å². The molecule has 0 radical (unpaired) electrons. The number of benzene rings is 1. The summed E-state index contributed by atoms with van der Waals surface area (Å²) in [6, 6.07) is 12.1. The van der Waals surface area contributed by atoms with Gasteiger partial charge in [0.2, 0.25) is 0 Å². The zero-order chi connectivity index (χ0) is 20.7. The average Bonchev–Trinajstić information content (AvgIpc) is 3.29. The van der Waals surface area contributed by atoms with Crippen LogP contribution < -0.4 is 5.56 Å². The molecule has 0 fully saturated rings. The van der Waals surface area contributed by atoms with Gasteiger partial charge in [0.1, 0.15) is 4.83 Å². The quantitative estimate of drug-likeness (QED) is 0.445. The molecule has 0 atom stereocenters. The summed E-state index contributed by atoms with van der Waals surface area (Å²) < 4.78 is 3.47. The van der Waals surface area contributed by atoms with E-state index in [-0.39, 0.29) is 17.9 Å². The number of hydrogen-bond acceptors (Lipinski definition) is 4. The Morgan fingerprint density at radius 2 is 1.86 bits per heavy atom. The topological polar surface area (TPSA) is 56.9 Å². The molecule has 0 spiro atoms. The molecule has 3 aromatic heterocycles. The first-order valence-corrected chi connectivity index (χ1v) is 10.5. The minimum absolute atomic E-state index is 0.0196. The fraction of sp³-hybridized carbons (Fsp3) is 0.261. The van der Waals surface area contributed by atoms with Crippen LogP contribution in [0.4, 0.5) is 0 Å². The number of rotatable bonds is 5. The molecule has 148 valence electrons. The molecule has 0 aliphatic rings. The summed E-state index contributed by atoms with van der Waals surface area (Å²) in [5, 5.41) is 2.39. The molecule has 0 N–H and O–H groups in total. The van der Waals surface area contributed by atoms with Crippen molar-refractivity contribution < 1.29 is 4.79 Å². The van der Waals surface area contributed by atoms with Gasteiger partial charge in [-0.05, 0) is 55.0 Å². The Morgan fingerprint density at radius 1 is 1.14 bits per heavy atom. The third kappa shape index (κ3) is 3.44. The lowest BCUT2D eigenvalue weighted by atomic mass is 10.0. The molecule has 3 heterocycles. The minimum Gasteiger partial charge on any atom is -0.318 e. The Morgan fingerprint density at radius 3 is 2.55 bits per heavy atom. The maximum absolute atomic E-state index is 13.0. The van der Waals surface area contributed by atoms with E-state index in [1.54, 1.807) is 6.07 Å². The Balaban J connectivity index is 1.66. The van der Waals surface area contributed by atoms with Crippen molar-refractivity contribution in [2.75, 3.05) is 0 Å². The predicted molar refractivity (Wildman–Crippen MR) is 118 cm³/mol. The number of nitrogens with zero attached hydrogens (tertiary/aromatic N) is 3. The second-order valence-corrected chi connectivity index (χ2v) is 8.50. The first-order valence-electron chi connectivity index (χ1n) is 9.62. The van der Waals surface area contributed by atoms with E-state index in [1.807, 2.05) is 25.3 Å². The van der Waals surface area contributed by atoms with Crippen LogP contribution in [0.15, 0.2) is 52.9 Å². The summed E-state index contributed by atoms with van der Waals surface area (Å²) in [7, 11) is 0. The monoisotopic (exact) mass is 405 g/mol. The number of carbonyl (C=O) groups is 1. The third-order valence-corrected chi connectivity index (χ3v) is 6.13. The number of ketones is 1. The first kappa shape index (κ1) is 19.3. The van der Waals surface area contributed by atoms with Gasteiger partial charge in [-0.15, -0.1) is 11.3 Å². The Bertz CT molecular complexity index is 1260. The van der Waals surface area contributed by atoms with Crippen LogP contribution in [-0.2, 0) is 6.54 Å². The second kappa shape index (κ2) is 7.44. The largest absolute Gasteiger partial charge is 0.318 e. The smallest absolute Gasteiger partial charge is 0.262 e. The van der Waals surface area contributed by atoms with Crippen molar-refractivity contribution in [1.29, 1.82) is 0 Å². The van der Waals surface area contributed by atoms with Crippen molar-refractivity contribution in [3.8, 4) is 5.69 Å². The van der Waals surface area contributed by atoms with Crippen molar-refractivity contribution in [2.24, 2.45) is 0 Å². The normalized spacial score (nSPS) is 11.5. The number of Topliss-reactive ketones (excluding diaryl/α,β-unsaturated/α-hetero) is 1. The highest BCUT2D eigenvalue weighted by Crippen LogP contribution is 2.24. The lowest BCUT2D eigenvalue weighted by Crippen LogP contribution is -2.24. The molecule has 0 saturated heterocycles. The van der Waals surface area contributed by atoms with Gasteiger partial charge in [-0.3, -0.25) is 14.2 Å². The first-order chi connectivity index (χ1) is 13.9. The van der Waals surface area contributed by atoms with Gasteiger partial charge in [0.25, 0.3) is 5.56 Å². The molecule has 1 aromatic carbocycles. The van der Waals surface area contributed by atoms with Gasteiger partial charge in [0.05, 0.1) is 18.3 Å². The molecular formula is C23H23N3O2S. The minimum atomic E-state index is -0.178. The fourth-order valence-corrected chi connectivity index (χ4v) is 4.42. The van der Waals surface area contributed by atoms with Crippen molar-refractivity contribution in [3.05, 3.63) is 81.0 Å². The third-order valence-electron chi connectivity index (χ3n) is 5.31. The Labute approximate surface area is 173 Å². The van der Waals surface area contributed by atoms with Crippen molar-refractivity contribution in [3.63, 3.8) is 0 Å². The lowest BCUT2D eigenvalue weighted by Gasteiger charge is -2.12. The molecular weight excluding hydrogens is 382 g/mol. The van der Waals surface area contributed by atoms with Gasteiger partial charge < -0.3 is 4.57 Å². The molecule has 4 aromatic rings. The van der Waals surface area contributed by atoms with Gasteiger partial charge >= 0.3 is 0 Å². The van der Waals surface area contributed by atoms with E-state index in [2.05, 4.69) is 47.7 Å².